The molecule has 0 unspecified atom stereocenters. The molecule has 0 spiro atoms. The second-order valence-corrected chi connectivity index (χ2v) is 8.59. The zero-order valence-electron chi connectivity index (χ0n) is 14.7. The van der Waals surface area contributed by atoms with Crippen molar-refractivity contribution in [1.82, 2.24) is 4.31 Å². The highest BCUT2D eigenvalue weighted by atomic mass is 35.5. The van der Waals surface area contributed by atoms with Crippen LogP contribution in [0.15, 0.2) is 53.4 Å². The molecule has 28 heavy (non-hydrogen) atoms. The number of nitrogens with zero attached hydrogens (tertiary/aromatic N) is 2. The van der Waals surface area contributed by atoms with Gasteiger partial charge in [0.2, 0.25) is 10.0 Å². The first-order valence-electron chi connectivity index (χ1n) is 8.46. The Hall–Kier alpha value is -2.49. The molecule has 0 amide bonds. The maximum atomic E-state index is 12.8. The van der Waals surface area contributed by atoms with Crippen molar-refractivity contribution >= 4 is 33.3 Å². The lowest BCUT2D eigenvalue weighted by Gasteiger charge is -2.22. The van der Waals surface area contributed by atoms with E-state index >= 15 is 0 Å². The molecule has 0 aromatic heterocycles. The molecule has 10 heteroatoms. The first kappa shape index (κ1) is 20.2. The third-order valence-corrected chi connectivity index (χ3v) is 6.60. The number of carbonyl (C=O) groups is 1. The van der Waals surface area contributed by atoms with Gasteiger partial charge in [0, 0.05) is 23.7 Å². The summed E-state index contributed by atoms with van der Waals surface area (Å²) in [4.78, 5) is 22.7. The third kappa shape index (κ3) is 4.32. The van der Waals surface area contributed by atoms with Crippen molar-refractivity contribution in [2.75, 3.05) is 6.54 Å². The summed E-state index contributed by atoms with van der Waals surface area (Å²) in [7, 11) is -3.85. The van der Waals surface area contributed by atoms with Crippen LogP contribution in [0.2, 0.25) is 5.02 Å². The Morgan fingerprint density at radius 1 is 1.18 bits per heavy atom. The summed E-state index contributed by atoms with van der Waals surface area (Å²) in [5, 5.41) is 11.1. The number of carbonyl (C=O) groups excluding carboxylic acids is 1. The highest BCUT2D eigenvalue weighted by Gasteiger charge is 2.40. The summed E-state index contributed by atoms with van der Waals surface area (Å²) in [6, 6.07) is 10.5. The van der Waals surface area contributed by atoms with Crippen molar-refractivity contribution in [2.45, 2.75) is 30.4 Å². The third-order valence-electron chi connectivity index (χ3n) is 4.42. The Morgan fingerprint density at radius 2 is 1.82 bits per heavy atom. The molecule has 0 bridgehead atoms. The van der Waals surface area contributed by atoms with E-state index in [1.807, 2.05) is 0 Å². The van der Waals surface area contributed by atoms with Crippen LogP contribution >= 0.6 is 11.6 Å². The molecule has 0 N–H and O–H groups in total. The van der Waals surface area contributed by atoms with Crippen LogP contribution in [0.3, 0.4) is 0 Å². The van der Waals surface area contributed by atoms with Crippen LogP contribution in [-0.2, 0) is 26.2 Å². The largest absolute Gasteiger partial charge is 0.460 e. The fourth-order valence-corrected chi connectivity index (χ4v) is 4.74. The summed E-state index contributed by atoms with van der Waals surface area (Å²) in [5.41, 5.74) is 0.509. The van der Waals surface area contributed by atoms with Gasteiger partial charge in [-0.05, 0) is 54.8 Å². The highest BCUT2D eigenvalue weighted by molar-refractivity contribution is 7.89. The van der Waals surface area contributed by atoms with Crippen LogP contribution in [0.5, 0.6) is 0 Å². The van der Waals surface area contributed by atoms with Gasteiger partial charge < -0.3 is 4.74 Å². The van der Waals surface area contributed by atoms with Crippen molar-refractivity contribution in [2.24, 2.45) is 0 Å². The summed E-state index contributed by atoms with van der Waals surface area (Å²) in [6.45, 7) is 0.129. The fourth-order valence-electron chi connectivity index (χ4n) is 2.97. The zero-order chi connectivity index (χ0) is 20.3. The number of non-ortho nitro benzene ring substituents is 1. The SMILES string of the molecule is O=C(OCc1ccc([N+](=O)[O-])cc1)[C@@H]1CCCN1S(=O)(=O)c1ccc(Cl)cc1. The van der Waals surface area contributed by atoms with Gasteiger partial charge >= 0.3 is 5.97 Å². The first-order valence-corrected chi connectivity index (χ1v) is 10.3. The van der Waals surface area contributed by atoms with Gasteiger partial charge in [0.15, 0.2) is 0 Å². The van der Waals surface area contributed by atoms with Gasteiger partial charge in [-0.25, -0.2) is 8.42 Å². The summed E-state index contributed by atoms with van der Waals surface area (Å²) >= 11 is 5.81. The van der Waals surface area contributed by atoms with Gasteiger partial charge in [-0.1, -0.05) is 11.6 Å². The number of hydrogen-bond acceptors (Lipinski definition) is 6. The van der Waals surface area contributed by atoms with E-state index in [0.29, 0.717) is 23.4 Å². The lowest BCUT2D eigenvalue weighted by molar-refractivity contribution is -0.384. The Labute approximate surface area is 166 Å². The number of sulfonamides is 1. The van der Waals surface area contributed by atoms with Crippen LogP contribution in [0, 0.1) is 10.1 Å². The van der Waals surface area contributed by atoms with E-state index < -0.39 is 27.0 Å². The summed E-state index contributed by atoms with van der Waals surface area (Å²) in [5.74, 6) is -0.645. The maximum absolute atomic E-state index is 12.8. The minimum absolute atomic E-state index is 0.0620. The lowest BCUT2D eigenvalue weighted by Crippen LogP contribution is -2.41. The molecule has 1 aliphatic heterocycles. The normalized spacial score (nSPS) is 17.4. The molecule has 148 valence electrons. The molecule has 8 nitrogen and oxygen atoms in total. The van der Waals surface area contributed by atoms with Crippen LogP contribution in [0.4, 0.5) is 5.69 Å². The Bertz CT molecular complexity index is 976. The molecule has 2 aromatic rings. The maximum Gasteiger partial charge on any atom is 0.324 e. The molecular formula is C18H17ClN2O6S. The molecular weight excluding hydrogens is 408 g/mol. The van der Waals surface area contributed by atoms with Crippen molar-refractivity contribution in [3.8, 4) is 0 Å². The predicted molar refractivity (Wildman–Crippen MR) is 101 cm³/mol. The Morgan fingerprint density at radius 3 is 2.43 bits per heavy atom. The topological polar surface area (TPSA) is 107 Å². The predicted octanol–water partition coefficient (Wildman–Crippen LogP) is 3.14. The van der Waals surface area contributed by atoms with Crippen LogP contribution in [0.1, 0.15) is 18.4 Å². The molecule has 2 aromatic carbocycles. The molecule has 3 rings (SSSR count). The van der Waals surface area contributed by atoms with Gasteiger partial charge in [0.1, 0.15) is 12.6 Å². The number of nitro benzene ring substituents is 1. The van der Waals surface area contributed by atoms with Gasteiger partial charge in [-0.3, -0.25) is 14.9 Å². The summed E-state index contributed by atoms with van der Waals surface area (Å²) < 4.78 is 32.1. The van der Waals surface area contributed by atoms with Crippen molar-refractivity contribution < 1.29 is 22.9 Å². The summed E-state index contributed by atoms with van der Waals surface area (Å²) in [6.07, 6.45) is 0.913. The number of ether oxygens (including phenoxy) is 1. The van der Waals surface area contributed by atoms with E-state index in [4.69, 9.17) is 16.3 Å². The average Bonchev–Trinajstić information content (AvgIpc) is 3.17. The lowest BCUT2D eigenvalue weighted by atomic mass is 10.2. The highest BCUT2D eigenvalue weighted by Crippen LogP contribution is 2.28. The molecule has 0 saturated carbocycles. The molecule has 1 saturated heterocycles. The van der Waals surface area contributed by atoms with Gasteiger partial charge in [0.25, 0.3) is 5.69 Å². The van der Waals surface area contributed by atoms with E-state index in [0.717, 1.165) is 4.31 Å². The zero-order valence-corrected chi connectivity index (χ0v) is 16.2. The molecule has 1 aliphatic rings. The number of halogens is 1. The van der Waals surface area contributed by atoms with E-state index in [9.17, 15) is 23.3 Å². The van der Waals surface area contributed by atoms with Gasteiger partial charge in [0.05, 0.1) is 9.82 Å². The van der Waals surface area contributed by atoms with E-state index in [1.165, 1.54) is 48.5 Å². The minimum atomic E-state index is -3.85. The second-order valence-electron chi connectivity index (χ2n) is 6.26. The van der Waals surface area contributed by atoms with Crippen LogP contribution < -0.4 is 0 Å². The van der Waals surface area contributed by atoms with Gasteiger partial charge in [-0.15, -0.1) is 0 Å². The Kier molecular flexibility index (Phi) is 5.97. The number of hydrogen-bond donors (Lipinski definition) is 0. The quantitative estimate of drug-likeness (QED) is 0.400. The number of benzene rings is 2. The minimum Gasteiger partial charge on any atom is -0.460 e. The van der Waals surface area contributed by atoms with Gasteiger partial charge in [-0.2, -0.15) is 4.31 Å². The van der Waals surface area contributed by atoms with Crippen molar-refractivity contribution in [3.05, 3.63) is 69.2 Å². The number of esters is 1. The van der Waals surface area contributed by atoms with Crippen molar-refractivity contribution in [3.63, 3.8) is 0 Å². The molecule has 1 fully saturated rings. The number of rotatable bonds is 6. The molecule has 0 radical (unpaired) electrons. The van der Waals surface area contributed by atoms with E-state index in [-0.39, 0.29) is 23.7 Å². The fraction of sp³-hybridized carbons (Fsp3) is 0.278. The van der Waals surface area contributed by atoms with Crippen LogP contribution in [-0.4, -0.2) is 36.2 Å². The number of nitro groups is 1. The van der Waals surface area contributed by atoms with E-state index in [2.05, 4.69) is 0 Å². The molecule has 1 atom stereocenters. The molecule has 1 heterocycles. The van der Waals surface area contributed by atoms with Crippen LogP contribution in [0.25, 0.3) is 0 Å². The monoisotopic (exact) mass is 424 g/mol. The average molecular weight is 425 g/mol. The Balaban J connectivity index is 1.69. The first-order chi connectivity index (χ1) is 13.3. The van der Waals surface area contributed by atoms with E-state index in [1.54, 1.807) is 0 Å². The second kappa shape index (κ2) is 8.26. The smallest absolute Gasteiger partial charge is 0.324 e. The van der Waals surface area contributed by atoms with Crippen molar-refractivity contribution in [1.29, 1.82) is 0 Å². The standard InChI is InChI=1S/C18H17ClN2O6S/c19-14-5-9-16(10-6-14)28(25,26)20-11-1-2-17(20)18(22)27-12-13-3-7-15(8-4-13)21(23)24/h3-10,17H,1-2,11-12H2/t17-/m0/s1. The molecule has 0 aliphatic carbocycles.